The fourth-order valence-electron chi connectivity index (χ4n) is 4.23. The largest absolute Gasteiger partial charge is 0.508 e. The van der Waals surface area contributed by atoms with Crippen molar-refractivity contribution >= 4 is 0 Å². The molecule has 0 aliphatic rings. The Hall–Kier alpha value is -4.18. The van der Waals surface area contributed by atoms with Crippen LogP contribution >= 0.6 is 0 Å². The molecule has 0 aliphatic heterocycles. The zero-order valence-electron chi connectivity index (χ0n) is 18.8. The predicted octanol–water partition coefficient (Wildman–Crippen LogP) is 6.72. The Bertz CT molecular complexity index is 1150. The highest BCUT2D eigenvalue weighted by atomic mass is 16.5. The van der Waals surface area contributed by atoms with E-state index in [1.807, 2.05) is 54.6 Å². The molecule has 0 radical (unpaired) electrons. The van der Waals surface area contributed by atoms with Gasteiger partial charge in [-0.3, -0.25) is 0 Å². The molecule has 3 N–H and O–H groups in total. The summed E-state index contributed by atoms with van der Waals surface area (Å²) in [6.45, 7) is 4.30. The van der Waals surface area contributed by atoms with Gasteiger partial charge in [-0.05, 0) is 77.2 Å². The molecule has 1 unspecified atom stereocenters. The van der Waals surface area contributed by atoms with Gasteiger partial charge in [-0.25, -0.2) is 0 Å². The third-order valence-corrected chi connectivity index (χ3v) is 5.92. The van der Waals surface area contributed by atoms with Crippen molar-refractivity contribution in [3.8, 4) is 23.0 Å². The maximum atomic E-state index is 9.90. The van der Waals surface area contributed by atoms with E-state index in [1.54, 1.807) is 36.4 Å². The molecule has 4 nitrogen and oxygen atoms in total. The lowest BCUT2D eigenvalue weighted by Gasteiger charge is -2.30. The molecule has 0 saturated carbocycles. The summed E-state index contributed by atoms with van der Waals surface area (Å²) in [6, 6.07) is 29.8. The van der Waals surface area contributed by atoms with Crippen LogP contribution in [-0.4, -0.2) is 21.9 Å². The van der Waals surface area contributed by atoms with Crippen LogP contribution in [0.15, 0.2) is 110 Å². The van der Waals surface area contributed by atoms with Crippen LogP contribution < -0.4 is 4.74 Å². The molecule has 0 bridgehead atoms. The molecule has 4 aromatic rings. The molecule has 0 saturated heterocycles. The third-order valence-electron chi connectivity index (χ3n) is 5.92. The lowest BCUT2D eigenvalue weighted by atomic mass is 9.73. The summed E-state index contributed by atoms with van der Waals surface area (Å²) < 4.78 is 5.80. The first-order valence-corrected chi connectivity index (χ1v) is 11.3. The summed E-state index contributed by atoms with van der Waals surface area (Å²) in [4.78, 5) is 0. The molecule has 0 amide bonds. The minimum absolute atomic E-state index is 0.100. The summed E-state index contributed by atoms with van der Waals surface area (Å²) in [5.41, 5.74) is 4.15. The van der Waals surface area contributed by atoms with E-state index < -0.39 is 0 Å². The maximum Gasteiger partial charge on any atom is 0.119 e. The number of ether oxygens (including phenoxy) is 1. The SMILES string of the molecule is C=CCCOc1ccc(C(c2ccc(O)cc2)C(c2ccc(O)cc2)c2ccc(O)cc2)cc1. The van der Waals surface area contributed by atoms with E-state index in [0.29, 0.717) is 6.61 Å². The molecule has 34 heavy (non-hydrogen) atoms. The van der Waals surface area contributed by atoms with Crippen LogP contribution in [0.4, 0.5) is 0 Å². The number of hydrogen-bond donors (Lipinski definition) is 3. The number of aromatic hydroxyl groups is 3. The van der Waals surface area contributed by atoms with Crippen LogP contribution in [0.25, 0.3) is 0 Å². The molecule has 0 fully saturated rings. The van der Waals surface area contributed by atoms with Gasteiger partial charge in [0.05, 0.1) is 6.61 Å². The molecule has 4 aromatic carbocycles. The van der Waals surface area contributed by atoms with Crippen molar-refractivity contribution in [3.05, 3.63) is 132 Å². The van der Waals surface area contributed by atoms with E-state index in [9.17, 15) is 15.3 Å². The summed E-state index contributed by atoms with van der Waals surface area (Å²) in [7, 11) is 0. The Balaban J connectivity index is 1.83. The van der Waals surface area contributed by atoms with Crippen LogP contribution in [-0.2, 0) is 0 Å². The number of rotatable bonds is 9. The first-order chi connectivity index (χ1) is 16.5. The van der Waals surface area contributed by atoms with E-state index in [2.05, 4.69) is 18.7 Å². The monoisotopic (exact) mass is 452 g/mol. The smallest absolute Gasteiger partial charge is 0.119 e. The number of phenolic OH excluding ortho intramolecular Hbond substituents is 3. The third kappa shape index (κ3) is 5.41. The van der Waals surface area contributed by atoms with Gasteiger partial charge < -0.3 is 20.1 Å². The van der Waals surface area contributed by atoms with Crippen molar-refractivity contribution in [2.24, 2.45) is 0 Å². The fraction of sp³-hybridized carbons (Fsp3) is 0.133. The Kier molecular flexibility index (Phi) is 7.19. The highest BCUT2D eigenvalue weighted by molar-refractivity contribution is 5.48. The Labute approximate surface area is 200 Å². The number of phenols is 3. The highest BCUT2D eigenvalue weighted by Crippen LogP contribution is 2.44. The molecule has 4 rings (SSSR count). The molecule has 1 atom stereocenters. The Morgan fingerprint density at radius 1 is 0.559 bits per heavy atom. The van der Waals surface area contributed by atoms with Gasteiger partial charge in [0, 0.05) is 11.8 Å². The van der Waals surface area contributed by atoms with Gasteiger partial charge in [0.2, 0.25) is 0 Å². The average molecular weight is 453 g/mol. The van der Waals surface area contributed by atoms with Crippen LogP contribution in [0, 0.1) is 0 Å². The Morgan fingerprint density at radius 2 is 0.882 bits per heavy atom. The summed E-state index contributed by atoms with van der Waals surface area (Å²) in [6.07, 6.45) is 2.61. The van der Waals surface area contributed by atoms with Crippen LogP contribution in [0.2, 0.25) is 0 Å². The zero-order valence-corrected chi connectivity index (χ0v) is 18.8. The van der Waals surface area contributed by atoms with Crippen molar-refractivity contribution in [1.29, 1.82) is 0 Å². The van der Waals surface area contributed by atoms with Crippen molar-refractivity contribution < 1.29 is 20.1 Å². The quantitative estimate of drug-likeness (QED) is 0.195. The summed E-state index contributed by atoms with van der Waals surface area (Å²) >= 11 is 0. The van der Waals surface area contributed by atoms with Gasteiger partial charge in [-0.2, -0.15) is 0 Å². The van der Waals surface area contributed by atoms with Crippen molar-refractivity contribution in [3.63, 3.8) is 0 Å². The normalized spacial score (nSPS) is 11.8. The van der Waals surface area contributed by atoms with E-state index in [-0.39, 0.29) is 29.1 Å². The first-order valence-electron chi connectivity index (χ1n) is 11.3. The van der Waals surface area contributed by atoms with E-state index >= 15 is 0 Å². The standard InChI is InChI=1S/C30H28O4/c1-2-3-20-34-28-18-10-24(11-19-28)30(23-8-16-27(33)17-9-23)29(21-4-12-25(31)13-5-21)22-6-14-26(32)15-7-22/h2,4-19,29-33H,1,3,20H2. The maximum absolute atomic E-state index is 9.90. The van der Waals surface area contributed by atoms with Gasteiger partial charge in [0.15, 0.2) is 0 Å². The first kappa shape index (κ1) is 23.0. The van der Waals surface area contributed by atoms with E-state index in [1.165, 1.54) is 0 Å². The van der Waals surface area contributed by atoms with Gasteiger partial charge >= 0.3 is 0 Å². The Morgan fingerprint density at radius 3 is 1.21 bits per heavy atom. The zero-order chi connectivity index (χ0) is 23.9. The van der Waals surface area contributed by atoms with Crippen LogP contribution in [0.3, 0.4) is 0 Å². The summed E-state index contributed by atoms with van der Waals surface area (Å²) in [5, 5.41) is 29.7. The lowest BCUT2D eigenvalue weighted by Crippen LogP contribution is -2.15. The molecule has 0 aromatic heterocycles. The average Bonchev–Trinajstić information content (AvgIpc) is 2.86. The summed E-state index contributed by atoms with van der Waals surface area (Å²) in [5.74, 6) is 1.20. The molecule has 0 heterocycles. The highest BCUT2D eigenvalue weighted by Gasteiger charge is 2.28. The van der Waals surface area contributed by atoms with Gasteiger partial charge in [-0.15, -0.1) is 6.58 Å². The topological polar surface area (TPSA) is 69.9 Å². The predicted molar refractivity (Wildman–Crippen MR) is 135 cm³/mol. The van der Waals surface area contributed by atoms with Crippen molar-refractivity contribution in [1.82, 2.24) is 0 Å². The van der Waals surface area contributed by atoms with Crippen molar-refractivity contribution in [2.75, 3.05) is 6.61 Å². The molecular formula is C30H28O4. The minimum atomic E-state index is -0.113. The number of hydrogen-bond acceptors (Lipinski definition) is 4. The second-order valence-electron chi connectivity index (χ2n) is 8.22. The van der Waals surface area contributed by atoms with Gasteiger partial charge in [0.25, 0.3) is 0 Å². The second-order valence-corrected chi connectivity index (χ2v) is 8.22. The van der Waals surface area contributed by atoms with E-state index in [0.717, 1.165) is 34.4 Å². The number of benzene rings is 4. The van der Waals surface area contributed by atoms with Crippen molar-refractivity contribution in [2.45, 2.75) is 18.3 Å². The minimum Gasteiger partial charge on any atom is -0.508 e. The molecular weight excluding hydrogens is 424 g/mol. The van der Waals surface area contributed by atoms with E-state index in [4.69, 9.17) is 4.74 Å². The fourth-order valence-corrected chi connectivity index (χ4v) is 4.23. The van der Waals surface area contributed by atoms with Crippen LogP contribution in [0.5, 0.6) is 23.0 Å². The second kappa shape index (κ2) is 10.6. The molecule has 172 valence electrons. The van der Waals surface area contributed by atoms with Gasteiger partial charge in [-0.1, -0.05) is 54.6 Å². The molecule has 4 heteroatoms. The van der Waals surface area contributed by atoms with Gasteiger partial charge in [0.1, 0.15) is 23.0 Å². The molecule has 0 aliphatic carbocycles. The van der Waals surface area contributed by atoms with Crippen LogP contribution in [0.1, 0.15) is 40.5 Å². The lowest BCUT2D eigenvalue weighted by molar-refractivity contribution is 0.325. The molecule has 0 spiro atoms.